The Morgan fingerprint density at radius 2 is 1.56 bits per heavy atom. The molecule has 0 saturated carbocycles. The molecular weight excluding hydrogens is 548 g/mol. The minimum Gasteiger partial charge on any atom is -0.493 e. The van der Waals surface area contributed by atoms with Crippen molar-refractivity contribution >= 4 is 26.9 Å². The van der Waals surface area contributed by atoms with Gasteiger partial charge in [0.05, 0.1) is 30.7 Å². The molecule has 1 aliphatic rings. The van der Waals surface area contributed by atoms with Crippen LogP contribution in [0.1, 0.15) is 38.3 Å². The quantitative estimate of drug-likeness (QED) is 0.383. The van der Waals surface area contributed by atoms with E-state index in [1.807, 2.05) is 20.9 Å². The second-order valence-electron chi connectivity index (χ2n) is 9.99. The first-order valence-corrected chi connectivity index (χ1v) is 15.1. The summed E-state index contributed by atoms with van der Waals surface area (Å²) in [6.45, 7) is 6.00. The Kier molecular flexibility index (Phi) is 9.57. The van der Waals surface area contributed by atoms with Gasteiger partial charge in [-0.3, -0.25) is 4.79 Å². The highest BCUT2D eigenvalue weighted by atomic mass is 32.2. The van der Waals surface area contributed by atoms with Crippen molar-refractivity contribution < 1.29 is 27.4 Å². The van der Waals surface area contributed by atoms with Crippen LogP contribution in [0.5, 0.6) is 17.2 Å². The highest BCUT2D eigenvalue weighted by Gasteiger charge is 2.29. The van der Waals surface area contributed by atoms with E-state index in [0.717, 1.165) is 0 Å². The number of aromatic nitrogens is 1. The first-order valence-electron chi connectivity index (χ1n) is 13.7. The fourth-order valence-corrected chi connectivity index (χ4v) is 6.70. The van der Waals surface area contributed by atoms with E-state index in [1.165, 1.54) is 18.5 Å². The van der Waals surface area contributed by atoms with Gasteiger partial charge in [0.1, 0.15) is 0 Å². The predicted octanol–water partition coefficient (Wildman–Crippen LogP) is 3.60. The van der Waals surface area contributed by atoms with Crippen LogP contribution in [0.25, 0.3) is 10.8 Å². The zero-order valence-corrected chi connectivity index (χ0v) is 25.0. The molecule has 1 amide bonds. The lowest BCUT2D eigenvalue weighted by molar-refractivity contribution is 0.200. The molecule has 2 aromatic carbocycles. The van der Waals surface area contributed by atoms with Crippen molar-refractivity contribution in [3.05, 3.63) is 58.5 Å². The summed E-state index contributed by atoms with van der Waals surface area (Å²) in [6, 6.07) is 9.70. The number of carbonyl (C=O) groups is 1. The van der Waals surface area contributed by atoms with Gasteiger partial charge in [0.2, 0.25) is 10.0 Å². The number of likely N-dealkylation sites (N-methyl/N-ethyl adjacent to an activating group) is 1. The normalized spacial score (nSPS) is 14.8. The molecule has 0 aliphatic carbocycles. The number of nitrogens with zero attached hydrogens (tertiary/aromatic N) is 3. The van der Waals surface area contributed by atoms with Crippen LogP contribution in [0.3, 0.4) is 0 Å². The molecule has 0 spiro atoms. The maximum absolute atomic E-state index is 13.4. The summed E-state index contributed by atoms with van der Waals surface area (Å²) in [4.78, 5) is 28.7. The molecule has 41 heavy (non-hydrogen) atoms. The van der Waals surface area contributed by atoms with E-state index in [1.54, 1.807) is 47.2 Å². The first kappa shape index (κ1) is 30.4. The largest absolute Gasteiger partial charge is 0.493 e. The third-order valence-electron chi connectivity index (χ3n) is 7.52. The molecular formula is C29H38N4O7S. The second-order valence-corrected chi connectivity index (χ2v) is 11.9. The van der Waals surface area contributed by atoms with Crippen LogP contribution in [-0.2, 0) is 16.6 Å². The molecule has 1 fully saturated rings. The van der Waals surface area contributed by atoms with Crippen molar-refractivity contribution in [3.63, 3.8) is 0 Å². The molecule has 1 N–H and O–H groups in total. The van der Waals surface area contributed by atoms with Gasteiger partial charge in [0, 0.05) is 44.2 Å². The number of sulfonamides is 1. The number of amides is 1. The highest BCUT2D eigenvalue weighted by Crippen LogP contribution is 2.35. The van der Waals surface area contributed by atoms with Crippen LogP contribution >= 0.6 is 0 Å². The maximum Gasteiger partial charge on any atom is 0.412 e. The minimum absolute atomic E-state index is 0.0662. The van der Waals surface area contributed by atoms with Gasteiger partial charge < -0.3 is 29.0 Å². The summed E-state index contributed by atoms with van der Waals surface area (Å²) in [5, 5.41) is 3.40. The van der Waals surface area contributed by atoms with Crippen molar-refractivity contribution in [2.75, 3.05) is 47.4 Å². The molecule has 2 heterocycles. The Morgan fingerprint density at radius 3 is 2.17 bits per heavy atom. The minimum atomic E-state index is -3.74. The van der Waals surface area contributed by atoms with Crippen LogP contribution in [0.4, 0.5) is 4.79 Å². The molecule has 0 unspecified atom stereocenters. The average molecular weight is 587 g/mol. The van der Waals surface area contributed by atoms with Gasteiger partial charge in [-0.25, -0.2) is 13.2 Å². The Labute approximate surface area is 240 Å². The van der Waals surface area contributed by atoms with Gasteiger partial charge in [-0.2, -0.15) is 4.31 Å². The summed E-state index contributed by atoms with van der Waals surface area (Å²) < 4.78 is 46.4. The van der Waals surface area contributed by atoms with E-state index in [2.05, 4.69) is 10.2 Å². The smallest absolute Gasteiger partial charge is 0.412 e. The van der Waals surface area contributed by atoms with Gasteiger partial charge in [-0.15, -0.1) is 0 Å². The fraction of sp³-hybridized carbons (Fsp3) is 0.448. The van der Waals surface area contributed by atoms with Crippen molar-refractivity contribution in [2.24, 2.45) is 0 Å². The molecule has 3 aromatic rings. The third-order valence-corrected chi connectivity index (χ3v) is 9.52. The van der Waals surface area contributed by atoms with E-state index in [4.69, 9.17) is 14.2 Å². The predicted molar refractivity (Wildman–Crippen MR) is 156 cm³/mol. The highest BCUT2D eigenvalue weighted by molar-refractivity contribution is 7.89. The molecule has 12 heteroatoms. The van der Waals surface area contributed by atoms with Gasteiger partial charge in [-0.1, -0.05) is 32.0 Å². The number of hydrogen-bond donors (Lipinski definition) is 1. The summed E-state index contributed by atoms with van der Waals surface area (Å²) in [6.07, 6.45) is 2.17. The Hall–Kier alpha value is -3.61. The van der Waals surface area contributed by atoms with E-state index < -0.39 is 16.1 Å². The number of methoxy groups -OCH3 is 2. The molecule has 0 radical (unpaired) electrons. The molecule has 0 atom stereocenters. The topological polar surface area (TPSA) is 119 Å². The Morgan fingerprint density at radius 1 is 0.951 bits per heavy atom. The summed E-state index contributed by atoms with van der Waals surface area (Å²) >= 11 is 0. The zero-order valence-electron chi connectivity index (χ0n) is 24.2. The van der Waals surface area contributed by atoms with Crippen molar-refractivity contribution in [1.29, 1.82) is 0 Å². The van der Waals surface area contributed by atoms with Gasteiger partial charge in [0.25, 0.3) is 5.56 Å². The van der Waals surface area contributed by atoms with E-state index in [-0.39, 0.29) is 28.8 Å². The van der Waals surface area contributed by atoms with Crippen LogP contribution < -0.4 is 25.1 Å². The number of ether oxygens (including phenoxy) is 3. The van der Waals surface area contributed by atoms with E-state index in [9.17, 15) is 18.0 Å². The molecule has 4 rings (SSSR count). The zero-order chi connectivity index (χ0) is 29.7. The number of piperazine rings is 1. The van der Waals surface area contributed by atoms with Crippen molar-refractivity contribution in [1.82, 2.24) is 19.1 Å². The SMILES string of the molecule is CCC(CC)n1cc(OC(=O)NCc2ccccc2S(=O)(=O)N2CCN(C)CC2)c2cc(OC)c(OC)cc2c1=O. The number of rotatable bonds is 10. The maximum atomic E-state index is 13.4. The monoisotopic (exact) mass is 586 g/mol. The number of benzene rings is 2. The summed E-state index contributed by atoms with van der Waals surface area (Å²) in [5.41, 5.74) is 0.215. The van der Waals surface area contributed by atoms with Crippen LogP contribution in [-0.4, -0.2) is 75.7 Å². The standard InChI is InChI=1S/C29H38N4O7S/c1-6-21(7-2)33-19-26(22-16-24(38-4)25(39-5)17-23(22)28(33)34)40-29(35)30-18-20-10-8-9-11-27(20)41(36,37)32-14-12-31(3)13-15-32/h8-11,16-17,19,21H,6-7,12-15,18H2,1-5H3,(H,30,35). The number of hydrogen-bond acceptors (Lipinski definition) is 8. The Bertz CT molecular complexity index is 1560. The number of pyridine rings is 1. The van der Waals surface area contributed by atoms with Crippen molar-refractivity contribution in [2.45, 2.75) is 44.2 Å². The molecule has 1 saturated heterocycles. The Balaban J connectivity index is 1.63. The van der Waals surface area contributed by atoms with Crippen molar-refractivity contribution in [3.8, 4) is 17.2 Å². The van der Waals surface area contributed by atoms with Gasteiger partial charge >= 0.3 is 6.09 Å². The molecule has 1 aliphatic heterocycles. The first-order chi connectivity index (χ1) is 19.6. The molecule has 222 valence electrons. The lowest BCUT2D eigenvalue weighted by Gasteiger charge is -2.32. The van der Waals surface area contributed by atoms with Crippen LogP contribution in [0.15, 0.2) is 52.3 Å². The number of fused-ring (bicyclic) bond motifs is 1. The second kappa shape index (κ2) is 12.9. The van der Waals surface area contributed by atoms with E-state index >= 15 is 0 Å². The molecule has 1 aromatic heterocycles. The number of carbonyl (C=O) groups excluding carboxylic acids is 1. The third kappa shape index (κ3) is 6.34. The number of nitrogens with one attached hydrogen (secondary N) is 1. The van der Waals surface area contributed by atoms with E-state index in [0.29, 0.717) is 66.9 Å². The summed E-state index contributed by atoms with van der Waals surface area (Å²) in [5.74, 6) is 0.934. The lowest BCUT2D eigenvalue weighted by Crippen LogP contribution is -2.47. The van der Waals surface area contributed by atoms with Gasteiger partial charge in [-0.05, 0) is 43.7 Å². The van der Waals surface area contributed by atoms with Gasteiger partial charge in [0.15, 0.2) is 17.2 Å². The molecule has 0 bridgehead atoms. The molecule has 11 nitrogen and oxygen atoms in total. The average Bonchev–Trinajstić information content (AvgIpc) is 2.98. The fourth-order valence-electron chi connectivity index (χ4n) is 5.06. The summed E-state index contributed by atoms with van der Waals surface area (Å²) in [7, 11) is 1.18. The lowest BCUT2D eigenvalue weighted by atomic mass is 10.1. The van der Waals surface area contributed by atoms with Crippen LogP contribution in [0, 0.1) is 0 Å². The van der Waals surface area contributed by atoms with Crippen LogP contribution in [0.2, 0.25) is 0 Å².